The molecule has 66 valence electrons. The Bertz CT molecular complexity index is 341. The number of hydrogen-bond acceptors (Lipinski definition) is 2. The summed E-state index contributed by atoms with van der Waals surface area (Å²) in [5, 5.41) is 3.68. The predicted octanol–water partition coefficient (Wildman–Crippen LogP) is 2.43. The molecule has 0 aromatic heterocycles. The van der Waals surface area contributed by atoms with Gasteiger partial charge in [0.15, 0.2) is 6.61 Å². The third kappa shape index (κ3) is 3.77. The first-order valence-electron chi connectivity index (χ1n) is 3.67. The molecule has 0 aliphatic carbocycles. The van der Waals surface area contributed by atoms with Crippen LogP contribution in [0.5, 0.6) is 0 Å². The van der Waals surface area contributed by atoms with Gasteiger partial charge in [0.2, 0.25) is 0 Å². The summed E-state index contributed by atoms with van der Waals surface area (Å²) in [5.41, 5.74) is 0.964. The van der Waals surface area contributed by atoms with E-state index in [0.29, 0.717) is 0 Å². The first-order valence-corrected chi connectivity index (χ1v) is 4.46. The average Bonchev–Trinajstić information content (AvgIpc) is 2.13. The van der Waals surface area contributed by atoms with Crippen LogP contribution in [0.1, 0.15) is 5.56 Å². The minimum atomic E-state index is 0.199. The molecule has 0 aliphatic heterocycles. The predicted molar refractivity (Wildman–Crippen MR) is 56.5 cm³/mol. The summed E-state index contributed by atoms with van der Waals surface area (Å²) in [6.07, 6.45) is 6.59. The molecule has 1 aromatic rings. The molecular weight excluding hydrogens is 230 g/mol. The summed E-state index contributed by atoms with van der Waals surface area (Å²) in [5.74, 6) is 2.32. The lowest BCUT2D eigenvalue weighted by atomic mass is 10.2. The van der Waals surface area contributed by atoms with Crippen LogP contribution < -0.4 is 0 Å². The van der Waals surface area contributed by atoms with E-state index in [4.69, 9.17) is 11.3 Å². The van der Waals surface area contributed by atoms with E-state index in [9.17, 15) is 0 Å². The maximum atomic E-state index is 4.98. The van der Waals surface area contributed by atoms with Crippen LogP contribution in [-0.4, -0.2) is 12.8 Å². The molecule has 0 radical (unpaired) electrons. The lowest BCUT2D eigenvalue weighted by Crippen LogP contribution is -1.85. The second kappa shape index (κ2) is 5.39. The number of terminal acetylenes is 1. The highest BCUT2D eigenvalue weighted by molar-refractivity contribution is 9.10. The monoisotopic (exact) mass is 237 g/mol. The number of hydrogen-bond donors (Lipinski definition) is 0. The van der Waals surface area contributed by atoms with Gasteiger partial charge in [0, 0.05) is 4.47 Å². The zero-order valence-corrected chi connectivity index (χ0v) is 8.49. The van der Waals surface area contributed by atoms with Gasteiger partial charge in [-0.15, -0.1) is 6.42 Å². The van der Waals surface area contributed by atoms with E-state index in [1.807, 2.05) is 24.3 Å². The van der Waals surface area contributed by atoms with Crippen molar-refractivity contribution in [3.05, 3.63) is 34.3 Å². The molecule has 2 nitrogen and oxygen atoms in total. The molecule has 0 N–H and O–H groups in total. The Kier molecular flexibility index (Phi) is 4.07. The zero-order chi connectivity index (χ0) is 9.52. The maximum Gasteiger partial charge on any atom is 0.177 e. The molecule has 1 aromatic carbocycles. The first-order chi connectivity index (χ1) is 6.33. The van der Waals surface area contributed by atoms with Crippen molar-refractivity contribution in [3.8, 4) is 12.3 Å². The normalized spacial score (nSPS) is 9.85. The van der Waals surface area contributed by atoms with Crippen molar-refractivity contribution in [2.75, 3.05) is 6.61 Å². The average molecular weight is 238 g/mol. The van der Waals surface area contributed by atoms with Crippen molar-refractivity contribution in [2.24, 2.45) is 5.16 Å². The molecular formula is C10H8BrNO. The fourth-order valence-electron chi connectivity index (χ4n) is 0.760. The molecule has 0 atom stereocenters. The van der Waals surface area contributed by atoms with E-state index in [1.165, 1.54) is 0 Å². The van der Waals surface area contributed by atoms with Gasteiger partial charge in [-0.05, 0) is 17.7 Å². The van der Waals surface area contributed by atoms with Gasteiger partial charge in [0.25, 0.3) is 0 Å². The third-order valence-corrected chi connectivity index (χ3v) is 1.77. The van der Waals surface area contributed by atoms with Gasteiger partial charge >= 0.3 is 0 Å². The van der Waals surface area contributed by atoms with E-state index in [-0.39, 0.29) is 6.61 Å². The number of oxime groups is 1. The van der Waals surface area contributed by atoms with Crippen molar-refractivity contribution < 1.29 is 4.84 Å². The minimum Gasteiger partial charge on any atom is -0.383 e. The molecule has 0 unspecified atom stereocenters. The van der Waals surface area contributed by atoms with Crippen molar-refractivity contribution in [2.45, 2.75) is 0 Å². The molecule has 1 rings (SSSR count). The number of benzene rings is 1. The number of nitrogens with zero attached hydrogens (tertiary/aromatic N) is 1. The van der Waals surface area contributed by atoms with E-state index in [2.05, 4.69) is 27.0 Å². The molecule has 0 fully saturated rings. The Labute approximate surface area is 85.7 Å². The maximum absolute atomic E-state index is 4.98. The second-order valence-electron chi connectivity index (χ2n) is 2.27. The Hall–Kier alpha value is -1.27. The second-order valence-corrected chi connectivity index (χ2v) is 3.18. The molecule has 0 spiro atoms. The Morgan fingerprint density at radius 1 is 1.62 bits per heavy atom. The first kappa shape index (κ1) is 9.82. The summed E-state index contributed by atoms with van der Waals surface area (Å²) in [6, 6.07) is 7.72. The SMILES string of the molecule is C#CCON=Cc1cccc(Br)c1. The molecule has 0 amide bonds. The number of halogens is 1. The van der Waals surface area contributed by atoms with Crippen LogP contribution >= 0.6 is 15.9 Å². The van der Waals surface area contributed by atoms with Crippen molar-refractivity contribution in [1.29, 1.82) is 0 Å². The summed E-state index contributed by atoms with van der Waals surface area (Å²) in [4.78, 5) is 4.74. The van der Waals surface area contributed by atoms with Gasteiger partial charge in [-0.2, -0.15) is 0 Å². The Morgan fingerprint density at radius 3 is 3.15 bits per heavy atom. The summed E-state index contributed by atoms with van der Waals surface area (Å²) in [7, 11) is 0. The highest BCUT2D eigenvalue weighted by Crippen LogP contribution is 2.09. The third-order valence-electron chi connectivity index (χ3n) is 1.27. The van der Waals surface area contributed by atoms with Crippen molar-refractivity contribution in [3.63, 3.8) is 0 Å². The summed E-state index contributed by atoms with van der Waals surface area (Å²) >= 11 is 3.35. The molecule has 0 heterocycles. The highest BCUT2D eigenvalue weighted by Gasteiger charge is 1.88. The van der Waals surface area contributed by atoms with Crippen LogP contribution in [-0.2, 0) is 4.84 Å². The molecule has 0 saturated carbocycles. The van der Waals surface area contributed by atoms with Crippen LogP contribution in [0.4, 0.5) is 0 Å². The molecule has 3 heteroatoms. The van der Waals surface area contributed by atoms with Gasteiger partial charge in [-0.25, -0.2) is 0 Å². The lowest BCUT2D eigenvalue weighted by Gasteiger charge is -1.93. The van der Waals surface area contributed by atoms with E-state index in [1.54, 1.807) is 6.21 Å². The van der Waals surface area contributed by atoms with Crippen LogP contribution in [0, 0.1) is 12.3 Å². The van der Waals surface area contributed by atoms with E-state index < -0.39 is 0 Å². The zero-order valence-electron chi connectivity index (χ0n) is 6.90. The van der Waals surface area contributed by atoms with E-state index in [0.717, 1.165) is 10.0 Å². The largest absolute Gasteiger partial charge is 0.383 e. The van der Waals surface area contributed by atoms with Crippen LogP contribution in [0.3, 0.4) is 0 Å². The van der Waals surface area contributed by atoms with Crippen LogP contribution in [0.15, 0.2) is 33.9 Å². The minimum absolute atomic E-state index is 0.199. The smallest absolute Gasteiger partial charge is 0.177 e. The standard InChI is InChI=1S/C10H8BrNO/c1-2-6-13-12-8-9-4-3-5-10(11)7-9/h1,3-5,7-8H,6H2. The van der Waals surface area contributed by atoms with Crippen LogP contribution in [0.25, 0.3) is 0 Å². The fourth-order valence-corrected chi connectivity index (χ4v) is 1.18. The fraction of sp³-hybridized carbons (Fsp3) is 0.100. The molecule has 0 aliphatic rings. The molecule has 13 heavy (non-hydrogen) atoms. The topological polar surface area (TPSA) is 21.6 Å². The summed E-state index contributed by atoms with van der Waals surface area (Å²) < 4.78 is 1.01. The Morgan fingerprint density at radius 2 is 2.46 bits per heavy atom. The van der Waals surface area contributed by atoms with Crippen molar-refractivity contribution in [1.82, 2.24) is 0 Å². The van der Waals surface area contributed by atoms with Gasteiger partial charge in [0.05, 0.1) is 6.21 Å². The summed E-state index contributed by atoms with van der Waals surface area (Å²) in [6.45, 7) is 0.199. The molecule has 0 bridgehead atoms. The van der Waals surface area contributed by atoms with E-state index >= 15 is 0 Å². The quantitative estimate of drug-likeness (QED) is 0.343. The van der Waals surface area contributed by atoms with Gasteiger partial charge in [0.1, 0.15) is 0 Å². The highest BCUT2D eigenvalue weighted by atomic mass is 79.9. The van der Waals surface area contributed by atoms with Gasteiger partial charge in [-0.3, -0.25) is 0 Å². The van der Waals surface area contributed by atoms with Gasteiger partial charge < -0.3 is 4.84 Å². The van der Waals surface area contributed by atoms with Crippen LogP contribution in [0.2, 0.25) is 0 Å². The van der Waals surface area contributed by atoms with Crippen molar-refractivity contribution >= 4 is 22.1 Å². The molecule has 0 saturated heterocycles. The van der Waals surface area contributed by atoms with Gasteiger partial charge in [-0.1, -0.05) is 39.1 Å². The lowest BCUT2D eigenvalue weighted by molar-refractivity contribution is 0.181. The number of rotatable bonds is 3. The Balaban J connectivity index is 2.54.